The van der Waals surface area contributed by atoms with Gasteiger partial charge in [-0.2, -0.15) is 0 Å². The molecule has 0 aromatic rings. The van der Waals surface area contributed by atoms with Gasteiger partial charge in [-0.3, -0.25) is 0 Å². The van der Waals surface area contributed by atoms with Crippen LogP contribution in [0.3, 0.4) is 0 Å². The largest absolute Gasteiger partial charge is 0.376 e. The first kappa shape index (κ1) is 11.7. The molecule has 0 aromatic carbocycles. The number of ether oxygens (including phenoxy) is 1. The lowest BCUT2D eigenvalue weighted by Crippen LogP contribution is -2.26. The third-order valence-corrected chi connectivity index (χ3v) is 1.41. The van der Waals surface area contributed by atoms with Crippen molar-refractivity contribution in [1.29, 1.82) is 0 Å². The second-order valence-electron chi connectivity index (χ2n) is 3.47. The molecule has 0 aliphatic carbocycles. The van der Waals surface area contributed by atoms with Crippen molar-refractivity contribution in [3.8, 4) is 0 Å². The molecule has 12 heavy (non-hydrogen) atoms. The Morgan fingerprint density at radius 3 is 2.58 bits per heavy atom. The van der Waals surface area contributed by atoms with Crippen molar-refractivity contribution in [3.63, 3.8) is 0 Å². The van der Waals surface area contributed by atoms with Gasteiger partial charge < -0.3 is 10.1 Å². The molecule has 1 N–H and O–H groups in total. The summed E-state index contributed by atoms with van der Waals surface area (Å²) < 4.78 is 5.36. The van der Waals surface area contributed by atoms with Crippen LogP contribution in [0.4, 0.5) is 0 Å². The van der Waals surface area contributed by atoms with Crippen LogP contribution >= 0.6 is 0 Å². The van der Waals surface area contributed by atoms with E-state index >= 15 is 0 Å². The third-order valence-electron chi connectivity index (χ3n) is 1.41. The zero-order chi connectivity index (χ0) is 9.40. The predicted molar refractivity (Wildman–Crippen MR) is 53.4 cm³/mol. The molecular weight excluding hydrogens is 150 g/mol. The highest BCUT2D eigenvalue weighted by atomic mass is 16.5. The molecule has 0 spiro atoms. The summed E-state index contributed by atoms with van der Waals surface area (Å²) in [7, 11) is 0. The highest BCUT2D eigenvalue weighted by molar-refractivity contribution is 4.92. The van der Waals surface area contributed by atoms with Crippen LogP contribution in [0.5, 0.6) is 0 Å². The zero-order valence-electron chi connectivity index (χ0n) is 8.68. The van der Waals surface area contributed by atoms with E-state index in [-0.39, 0.29) is 0 Å². The minimum absolute atomic E-state index is 0.553. The molecule has 0 aromatic heterocycles. The summed E-state index contributed by atoms with van der Waals surface area (Å²) in [6, 6.07) is 0.553. The van der Waals surface area contributed by atoms with Gasteiger partial charge in [0.2, 0.25) is 0 Å². The summed E-state index contributed by atoms with van der Waals surface area (Å²) in [4.78, 5) is 0. The summed E-state index contributed by atoms with van der Waals surface area (Å²) in [5, 5.41) is 3.29. The molecule has 0 bridgehead atoms. The van der Waals surface area contributed by atoms with E-state index in [1.54, 1.807) is 0 Å². The Hall–Kier alpha value is -0.340. The van der Waals surface area contributed by atoms with E-state index in [0.717, 1.165) is 19.8 Å². The zero-order valence-corrected chi connectivity index (χ0v) is 8.68. The quantitative estimate of drug-likeness (QED) is 0.487. The maximum atomic E-state index is 5.36. The number of hydrogen-bond donors (Lipinski definition) is 1. The van der Waals surface area contributed by atoms with Crippen molar-refractivity contribution in [2.24, 2.45) is 0 Å². The van der Waals surface area contributed by atoms with Gasteiger partial charge in [0.15, 0.2) is 0 Å². The van der Waals surface area contributed by atoms with E-state index in [1.807, 2.05) is 0 Å². The number of rotatable bonds is 6. The minimum Gasteiger partial charge on any atom is -0.376 e. The van der Waals surface area contributed by atoms with E-state index in [1.165, 1.54) is 5.57 Å². The van der Waals surface area contributed by atoms with E-state index in [9.17, 15) is 0 Å². The van der Waals surface area contributed by atoms with Crippen molar-refractivity contribution < 1.29 is 4.74 Å². The third kappa shape index (κ3) is 9.66. The fourth-order valence-electron chi connectivity index (χ4n) is 0.729. The Morgan fingerprint density at radius 1 is 1.42 bits per heavy atom. The van der Waals surface area contributed by atoms with Crippen LogP contribution in [0, 0.1) is 0 Å². The van der Waals surface area contributed by atoms with Crippen LogP contribution in [0.25, 0.3) is 0 Å². The van der Waals surface area contributed by atoms with Gasteiger partial charge in [0.1, 0.15) is 0 Å². The van der Waals surface area contributed by atoms with Gasteiger partial charge in [0.25, 0.3) is 0 Å². The van der Waals surface area contributed by atoms with Gasteiger partial charge in [-0.15, -0.1) is 0 Å². The van der Waals surface area contributed by atoms with E-state index in [0.29, 0.717) is 6.04 Å². The fraction of sp³-hybridized carbons (Fsp3) is 0.800. The van der Waals surface area contributed by atoms with E-state index in [2.05, 4.69) is 39.1 Å². The van der Waals surface area contributed by atoms with Crippen molar-refractivity contribution in [3.05, 3.63) is 11.6 Å². The lowest BCUT2D eigenvalue weighted by atomic mass is 10.3. The van der Waals surface area contributed by atoms with E-state index < -0.39 is 0 Å². The molecule has 0 aliphatic rings. The van der Waals surface area contributed by atoms with Gasteiger partial charge in [-0.25, -0.2) is 0 Å². The minimum atomic E-state index is 0.553. The van der Waals surface area contributed by atoms with Gasteiger partial charge in [-0.1, -0.05) is 25.5 Å². The summed E-state index contributed by atoms with van der Waals surface area (Å²) in [6.07, 6.45) is 2.09. The molecule has 0 heterocycles. The summed E-state index contributed by atoms with van der Waals surface area (Å²) in [5.41, 5.74) is 1.31. The molecular formula is C10H21NO. The monoisotopic (exact) mass is 171 g/mol. The molecule has 0 unspecified atom stereocenters. The summed E-state index contributed by atoms with van der Waals surface area (Å²) >= 11 is 0. The topological polar surface area (TPSA) is 21.3 Å². The lowest BCUT2D eigenvalue weighted by molar-refractivity contribution is 0.161. The lowest BCUT2D eigenvalue weighted by Gasteiger charge is -2.07. The van der Waals surface area contributed by atoms with Crippen molar-refractivity contribution in [1.82, 2.24) is 5.32 Å². The molecule has 0 atom stereocenters. The Bertz CT molecular complexity index is 126. The maximum Gasteiger partial charge on any atom is 0.0650 e. The molecule has 2 heteroatoms. The predicted octanol–water partition coefficient (Wildman–Crippen LogP) is 1.97. The second-order valence-corrected chi connectivity index (χ2v) is 3.47. The molecule has 0 radical (unpaired) electrons. The molecule has 0 rings (SSSR count). The first-order chi connectivity index (χ1) is 5.63. The standard InChI is InChI=1S/C10H21NO/c1-9(2)5-7-12-8-6-11-10(3)4/h5,10-11H,6-8H2,1-4H3. The molecule has 0 saturated carbocycles. The van der Waals surface area contributed by atoms with Crippen LogP contribution < -0.4 is 5.32 Å². The van der Waals surface area contributed by atoms with Gasteiger partial charge >= 0.3 is 0 Å². The average Bonchev–Trinajstić information content (AvgIpc) is 1.95. The maximum absolute atomic E-state index is 5.36. The van der Waals surface area contributed by atoms with Crippen molar-refractivity contribution in [2.45, 2.75) is 33.7 Å². The molecule has 0 fully saturated rings. The fourth-order valence-corrected chi connectivity index (χ4v) is 0.729. The normalized spacial score (nSPS) is 10.4. The molecule has 2 nitrogen and oxygen atoms in total. The molecule has 72 valence electrons. The van der Waals surface area contributed by atoms with Gasteiger partial charge in [0, 0.05) is 12.6 Å². The Kier molecular flexibility index (Phi) is 7.11. The molecule has 0 amide bonds. The van der Waals surface area contributed by atoms with Crippen LogP contribution in [0.15, 0.2) is 11.6 Å². The van der Waals surface area contributed by atoms with E-state index in [4.69, 9.17) is 4.74 Å². The van der Waals surface area contributed by atoms with Crippen LogP contribution in [0.1, 0.15) is 27.7 Å². The van der Waals surface area contributed by atoms with Crippen LogP contribution in [-0.2, 0) is 4.74 Å². The number of hydrogen-bond acceptors (Lipinski definition) is 2. The number of allylic oxidation sites excluding steroid dienone is 1. The van der Waals surface area contributed by atoms with Crippen LogP contribution in [0.2, 0.25) is 0 Å². The van der Waals surface area contributed by atoms with Gasteiger partial charge in [0.05, 0.1) is 13.2 Å². The number of nitrogens with one attached hydrogen (secondary N) is 1. The molecule has 0 aliphatic heterocycles. The highest BCUT2D eigenvalue weighted by Gasteiger charge is 1.90. The average molecular weight is 171 g/mol. The Balaban J connectivity index is 3.06. The van der Waals surface area contributed by atoms with Crippen molar-refractivity contribution in [2.75, 3.05) is 19.8 Å². The Labute approximate surface area is 76.0 Å². The highest BCUT2D eigenvalue weighted by Crippen LogP contribution is 1.87. The molecule has 0 saturated heterocycles. The van der Waals surface area contributed by atoms with Crippen molar-refractivity contribution >= 4 is 0 Å². The Morgan fingerprint density at radius 2 is 2.08 bits per heavy atom. The smallest absolute Gasteiger partial charge is 0.0650 e. The summed E-state index contributed by atoms with van der Waals surface area (Å²) in [6.45, 7) is 10.9. The first-order valence-corrected chi connectivity index (χ1v) is 4.57. The second kappa shape index (κ2) is 7.32. The summed E-state index contributed by atoms with van der Waals surface area (Å²) in [5.74, 6) is 0. The SMILES string of the molecule is CC(C)=CCOCCNC(C)C. The first-order valence-electron chi connectivity index (χ1n) is 4.57. The van der Waals surface area contributed by atoms with Crippen LogP contribution in [-0.4, -0.2) is 25.8 Å². The van der Waals surface area contributed by atoms with Gasteiger partial charge in [-0.05, 0) is 13.8 Å².